The van der Waals surface area contributed by atoms with E-state index in [1.807, 2.05) is 31.2 Å². The first kappa shape index (κ1) is 25.4. The van der Waals surface area contributed by atoms with Gasteiger partial charge in [-0.25, -0.2) is 23.4 Å². The van der Waals surface area contributed by atoms with Crippen molar-refractivity contribution < 1.29 is 17.6 Å². The smallest absolute Gasteiger partial charge is 0.226 e. The van der Waals surface area contributed by atoms with Gasteiger partial charge in [-0.2, -0.15) is 4.31 Å². The highest BCUT2D eigenvalue weighted by Gasteiger charge is 2.25. The summed E-state index contributed by atoms with van der Waals surface area (Å²) in [7, 11) is -3.15. The van der Waals surface area contributed by atoms with Crippen LogP contribution >= 0.6 is 11.3 Å². The standard InChI is InChI=1S/C26H30N6O4S2/c1-18-4-3-5-19(14-18)26-28-22(17-36-26)24-27-21-15-20(16-30-6-8-32(9-7-30)38(2,33)34)37-23(21)25(29-24)31-10-12-35-13-11-31/h3-5,14-15,17H,6-13,16H2,1-2H3. The summed E-state index contributed by atoms with van der Waals surface area (Å²) >= 11 is 1.70. The quantitative estimate of drug-likeness (QED) is 0.355. The average Bonchev–Trinajstić information content (AvgIpc) is 3.56. The number of fused-ring (bicyclic) bond motifs is 1. The minimum atomic E-state index is -3.15. The molecule has 10 nitrogen and oxygen atoms in total. The lowest BCUT2D eigenvalue weighted by Crippen LogP contribution is -2.47. The van der Waals surface area contributed by atoms with Crippen LogP contribution in [0.2, 0.25) is 0 Å². The maximum absolute atomic E-state index is 11.9. The summed E-state index contributed by atoms with van der Waals surface area (Å²) in [6.07, 6.45) is 2.90. The number of piperazine rings is 1. The van der Waals surface area contributed by atoms with Gasteiger partial charge in [-0.1, -0.05) is 17.7 Å². The number of sulfonamides is 1. The molecule has 0 saturated carbocycles. The van der Waals surface area contributed by atoms with Gasteiger partial charge < -0.3 is 14.1 Å². The maximum Gasteiger partial charge on any atom is 0.226 e. The molecule has 0 radical (unpaired) electrons. The summed E-state index contributed by atoms with van der Waals surface area (Å²) in [5.74, 6) is 1.97. The summed E-state index contributed by atoms with van der Waals surface area (Å²) in [5, 5.41) is 0. The van der Waals surface area contributed by atoms with Crippen LogP contribution < -0.4 is 4.90 Å². The molecule has 0 amide bonds. The largest absolute Gasteiger partial charge is 0.444 e. The van der Waals surface area contributed by atoms with Crippen LogP contribution in [0, 0.1) is 6.92 Å². The molecule has 0 N–H and O–H groups in total. The third-order valence-electron chi connectivity index (χ3n) is 6.89. The van der Waals surface area contributed by atoms with Crippen LogP contribution in [0.1, 0.15) is 10.4 Å². The Kier molecular flexibility index (Phi) is 6.91. The van der Waals surface area contributed by atoms with Crippen molar-refractivity contribution in [2.75, 3.05) is 63.6 Å². The lowest BCUT2D eigenvalue weighted by molar-refractivity contribution is 0.122. The Morgan fingerprint density at radius 1 is 1.00 bits per heavy atom. The van der Waals surface area contributed by atoms with Crippen molar-refractivity contribution >= 4 is 37.4 Å². The second kappa shape index (κ2) is 10.3. The second-order valence-electron chi connectivity index (χ2n) is 9.74. The zero-order chi connectivity index (χ0) is 26.3. The van der Waals surface area contributed by atoms with E-state index in [9.17, 15) is 8.42 Å². The normalized spacial score (nSPS) is 17.9. The number of nitrogens with zero attached hydrogens (tertiary/aromatic N) is 6. The molecule has 5 heterocycles. The molecule has 3 aromatic heterocycles. The number of thiophene rings is 1. The SMILES string of the molecule is Cc1cccc(-c2nc(-c3nc(N4CCOCC4)c4sc(CN5CCN(S(C)(=O)=O)CC5)cc4n3)co2)c1. The molecule has 0 atom stereocenters. The van der Waals surface area contributed by atoms with E-state index in [2.05, 4.69) is 15.9 Å². The molecule has 0 aliphatic carbocycles. The maximum atomic E-state index is 11.9. The first-order valence-electron chi connectivity index (χ1n) is 12.7. The lowest BCUT2D eigenvalue weighted by Gasteiger charge is -2.32. The van der Waals surface area contributed by atoms with Gasteiger partial charge in [0.1, 0.15) is 12.0 Å². The fraction of sp³-hybridized carbons (Fsp3) is 0.423. The Morgan fingerprint density at radius 2 is 1.79 bits per heavy atom. The molecule has 0 spiro atoms. The van der Waals surface area contributed by atoms with Crippen LogP contribution in [-0.2, 0) is 21.3 Å². The van der Waals surface area contributed by atoms with Gasteiger partial charge in [-0.05, 0) is 25.1 Å². The van der Waals surface area contributed by atoms with Gasteiger partial charge in [0.15, 0.2) is 11.6 Å². The Balaban J connectivity index is 1.31. The summed E-state index contributed by atoms with van der Waals surface area (Å²) < 4.78 is 37.7. The Morgan fingerprint density at radius 3 is 2.53 bits per heavy atom. The van der Waals surface area contributed by atoms with Crippen LogP contribution in [0.25, 0.3) is 33.2 Å². The van der Waals surface area contributed by atoms with Crippen LogP contribution in [0.4, 0.5) is 5.82 Å². The van der Waals surface area contributed by atoms with Crippen molar-refractivity contribution in [1.82, 2.24) is 24.2 Å². The van der Waals surface area contributed by atoms with Crippen LogP contribution in [-0.4, -0.2) is 91.3 Å². The van der Waals surface area contributed by atoms with Crippen molar-refractivity contribution in [3.8, 4) is 23.0 Å². The van der Waals surface area contributed by atoms with E-state index in [0.717, 1.165) is 46.8 Å². The minimum Gasteiger partial charge on any atom is -0.444 e. The molecule has 1 aromatic carbocycles. The lowest BCUT2D eigenvalue weighted by atomic mass is 10.1. The Labute approximate surface area is 225 Å². The summed E-state index contributed by atoms with van der Waals surface area (Å²) in [6, 6.07) is 10.2. The van der Waals surface area contributed by atoms with Crippen molar-refractivity contribution in [3.63, 3.8) is 0 Å². The summed E-state index contributed by atoms with van der Waals surface area (Å²) in [4.78, 5) is 20.3. The number of hydrogen-bond acceptors (Lipinski definition) is 10. The first-order chi connectivity index (χ1) is 18.3. The predicted octanol–water partition coefficient (Wildman–Crippen LogP) is 3.24. The molecule has 0 bridgehead atoms. The number of morpholine rings is 1. The molecule has 200 valence electrons. The molecule has 0 unspecified atom stereocenters. The van der Waals surface area contributed by atoms with E-state index in [0.29, 0.717) is 56.8 Å². The van der Waals surface area contributed by atoms with Gasteiger partial charge in [0.05, 0.1) is 29.7 Å². The van der Waals surface area contributed by atoms with Crippen LogP contribution in [0.15, 0.2) is 41.0 Å². The molecular formula is C26H30N6O4S2. The molecule has 12 heteroatoms. The van der Waals surface area contributed by atoms with Crippen LogP contribution in [0.3, 0.4) is 0 Å². The highest BCUT2D eigenvalue weighted by Crippen LogP contribution is 2.35. The van der Waals surface area contributed by atoms with Crippen molar-refractivity contribution in [2.24, 2.45) is 0 Å². The molecule has 6 rings (SSSR count). The fourth-order valence-electron chi connectivity index (χ4n) is 4.87. The number of benzene rings is 1. The van der Waals surface area contributed by atoms with Gasteiger partial charge in [0.25, 0.3) is 0 Å². The minimum absolute atomic E-state index is 0.516. The average molecular weight is 555 g/mol. The molecule has 2 saturated heterocycles. The van der Waals surface area contributed by atoms with Gasteiger partial charge in [-0.3, -0.25) is 4.90 Å². The van der Waals surface area contributed by atoms with E-state index in [1.165, 1.54) is 11.1 Å². The van der Waals surface area contributed by atoms with Crippen molar-refractivity contribution in [2.45, 2.75) is 13.5 Å². The highest BCUT2D eigenvalue weighted by atomic mass is 32.2. The molecular weight excluding hydrogens is 524 g/mol. The molecule has 2 aliphatic rings. The van der Waals surface area contributed by atoms with Gasteiger partial charge >= 0.3 is 0 Å². The van der Waals surface area contributed by atoms with E-state index in [1.54, 1.807) is 21.9 Å². The molecule has 2 aliphatic heterocycles. The summed E-state index contributed by atoms with van der Waals surface area (Å²) in [5.41, 5.74) is 3.53. The topological polar surface area (TPSA) is 105 Å². The third-order valence-corrected chi connectivity index (χ3v) is 9.30. The Hall–Kier alpha value is -2.90. The summed E-state index contributed by atoms with van der Waals surface area (Å²) in [6.45, 7) is 8.07. The number of anilines is 1. The monoisotopic (exact) mass is 554 g/mol. The van der Waals surface area contributed by atoms with E-state index in [-0.39, 0.29) is 0 Å². The van der Waals surface area contributed by atoms with E-state index in [4.69, 9.17) is 24.1 Å². The van der Waals surface area contributed by atoms with Gasteiger partial charge in [0.2, 0.25) is 15.9 Å². The van der Waals surface area contributed by atoms with Crippen molar-refractivity contribution in [3.05, 3.63) is 47.0 Å². The molecule has 2 fully saturated rings. The first-order valence-corrected chi connectivity index (χ1v) is 15.3. The van der Waals surface area contributed by atoms with Gasteiger partial charge in [0, 0.05) is 56.3 Å². The van der Waals surface area contributed by atoms with Crippen LogP contribution in [0.5, 0.6) is 0 Å². The highest BCUT2D eigenvalue weighted by molar-refractivity contribution is 7.88. The predicted molar refractivity (Wildman–Crippen MR) is 148 cm³/mol. The van der Waals surface area contributed by atoms with Crippen molar-refractivity contribution in [1.29, 1.82) is 0 Å². The number of aromatic nitrogens is 3. The number of oxazole rings is 1. The number of hydrogen-bond donors (Lipinski definition) is 0. The zero-order valence-electron chi connectivity index (χ0n) is 21.5. The number of rotatable bonds is 6. The number of ether oxygens (including phenoxy) is 1. The second-order valence-corrected chi connectivity index (χ2v) is 12.9. The third kappa shape index (κ3) is 5.32. The number of aryl methyl sites for hydroxylation is 1. The van der Waals surface area contributed by atoms with Gasteiger partial charge in [-0.15, -0.1) is 11.3 Å². The fourth-order valence-corrected chi connectivity index (χ4v) is 6.85. The molecule has 38 heavy (non-hydrogen) atoms. The Bertz CT molecular complexity index is 1550. The molecule has 4 aromatic rings. The van der Waals surface area contributed by atoms with E-state index < -0.39 is 10.0 Å². The van der Waals surface area contributed by atoms with E-state index >= 15 is 0 Å². The zero-order valence-corrected chi connectivity index (χ0v) is 23.1.